The van der Waals surface area contributed by atoms with Gasteiger partial charge in [0.2, 0.25) is 10.0 Å². The first kappa shape index (κ1) is 22.8. The fourth-order valence-corrected chi connectivity index (χ4v) is 4.83. The predicted molar refractivity (Wildman–Crippen MR) is 117 cm³/mol. The standard InChI is InChI=1S/C21H28N4O5S/c1-2-13-31(28,29)24-17-8-10-25(11-9-17)21(27)22-15-16-5-3-6-18(14-16)23-20(26)19-7-4-12-30-19/h3-7,12,14,17,24H,2,8-11,13,15H2,1H3,(H,22,27)(H,23,26). The molecule has 10 heteroatoms. The van der Waals surface area contributed by atoms with Crippen LogP contribution in [0.2, 0.25) is 0 Å². The molecule has 0 unspecified atom stereocenters. The van der Waals surface area contributed by atoms with Gasteiger partial charge in [0, 0.05) is 31.4 Å². The van der Waals surface area contributed by atoms with Crippen LogP contribution in [0.5, 0.6) is 0 Å². The lowest BCUT2D eigenvalue weighted by Crippen LogP contribution is -2.49. The fraction of sp³-hybridized carbons (Fsp3) is 0.429. The Morgan fingerprint density at radius 2 is 1.94 bits per heavy atom. The smallest absolute Gasteiger partial charge is 0.317 e. The number of nitrogens with one attached hydrogen (secondary N) is 3. The summed E-state index contributed by atoms with van der Waals surface area (Å²) in [4.78, 5) is 26.3. The van der Waals surface area contributed by atoms with E-state index in [1.54, 1.807) is 35.2 Å². The molecule has 1 aliphatic rings. The molecule has 3 rings (SSSR count). The lowest BCUT2D eigenvalue weighted by molar-refractivity contribution is 0.0996. The van der Waals surface area contributed by atoms with Gasteiger partial charge in [-0.3, -0.25) is 4.79 Å². The molecule has 1 aliphatic heterocycles. The number of amides is 3. The Bertz CT molecular complexity index is 983. The van der Waals surface area contributed by atoms with Gasteiger partial charge in [-0.05, 0) is 49.1 Å². The average molecular weight is 449 g/mol. The molecule has 3 amide bonds. The summed E-state index contributed by atoms with van der Waals surface area (Å²) in [5, 5.41) is 5.63. The monoisotopic (exact) mass is 448 g/mol. The van der Waals surface area contributed by atoms with Crippen LogP contribution in [-0.4, -0.2) is 50.1 Å². The van der Waals surface area contributed by atoms with Crippen molar-refractivity contribution in [2.24, 2.45) is 0 Å². The van der Waals surface area contributed by atoms with E-state index in [0.717, 1.165) is 5.56 Å². The van der Waals surface area contributed by atoms with Crippen LogP contribution in [0.4, 0.5) is 10.5 Å². The van der Waals surface area contributed by atoms with Crippen LogP contribution in [0, 0.1) is 0 Å². The van der Waals surface area contributed by atoms with Crippen molar-refractivity contribution in [3.05, 3.63) is 54.0 Å². The van der Waals surface area contributed by atoms with Crippen LogP contribution in [0.1, 0.15) is 42.3 Å². The first-order chi connectivity index (χ1) is 14.9. The largest absolute Gasteiger partial charge is 0.459 e. The Labute approximate surface area is 182 Å². The quantitative estimate of drug-likeness (QED) is 0.573. The number of furan rings is 1. The first-order valence-corrected chi connectivity index (χ1v) is 12.0. The number of urea groups is 1. The van der Waals surface area contributed by atoms with E-state index < -0.39 is 10.0 Å². The Morgan fingerprint density at radius 1 is 1.16 bits per heavy atom. The van der Waals surface area contributed by atoms with Crippen LogP contribution >= 0.6 is 0 Å². The summed E-state index contributed by atoms with van der Waals surface area (Å²) in [6.45, 7) is 3.12. The van der Waals surface area contributed by atoms with E-state index in [-0.39, 0.29) is 29.5 Å². The van der Waals surface area contributed by atoms with E-state index in [0.29, 0.717) is 44.6 Å². The summed E-state index contributed by atoms with van der Waals surface area (Å²) in [5.74, 6) is -0.00272. The molecule has 3 N–H and O–H groups in total. The van der Waals surface area contributed by atoms with Gasteiger partial charge in [-0.25, -0.2) is 17.9 Å². The zero-order valence-corrected chi connectivity index (χ0v) is 18.3. The normalized spacial score (nSPS) is 14.9. The van der Waals surface area contributed by atoms with Crippen LogP contribution in [0.15, 0.2) is 47.1 Å². The highest BCUT2D eigenvalue weighted by molar-refractivity contribution is 7.89. The number of carbonyl (C=O) groups is 2. The Morgan fingerprint density at radius 3 is 2.61 bits per heavy atom. The molecular weight excluding hydrogens is 420 g/mol. The second-order valence-corrected chi connectivity index (χ2v) is 9.36. The van der Waals surface area contributed by atoms with Crippen molar-refractivity contribution in [2.45, 2.75) is 38.8 Å². The van der Waals surface area contributed by atoms with Gasteiger partial charge in [0.05, 0.1) is 12.0 Å². The van der Waals surface area contributed by atoms with Crippen molar-refractivity contribution < 1.29 is 22.4 Å². The first-order valence-electron chi connectivity index (χ1n) is 10.3. The van der Waals surface area contributed by atoms with Crippen LogP contribution < -0.4 is 15.4 Å². The number of benzene rings is 1. The summed E-state index contributed by atoms with van der Waals surface area (Å²) < 4.78 is 31.6. The number of hydrogen-bond acceptors (Lipinski definition) is 5. The molecule has 0 aliphatic carbocycles. The van der Waals surface area contributed by atoms with E-state index >= 15 is 0 Å². The minimum Gasteiger partial charge on any atom is -0.459 e. The number of piperidine rings is 1. The molecular formula is C21H28N4O5S. The van der Waals surface area contributed by atoms with Crippen LogP contribution in [0.25, 0.3) is 0 Å². The molecule has 0 atom stereocenters. The minimum absolute atomic E-state index is 0.120. The molecule has 0 bridgehead atoms. The zero-order valence-electron chi connectivity index (χ0n) is 17.5. The SMILES string of the molecule is CCCS(=O)(=O)NC1CCN(C(=O)NCc2cccc(NC(=O)c3ccco3)c2)CC1. The number of sulfonamides is 1. The average Bonchev–Trinajstić information content (AvgIpc) is 3.27. The van der Waals surface area contributed by atoms with E-state index in [9.17, 15) is 18.0 Å². The third-order valence-corrected chi connectivity index (χ3v) is 6.61. The summed E-state index contributed by atoms with van der Waals surface area (Å²) in [6, 6.07) is 10.1. The predicted octanol–water partition coefficient (Wildman–Crippen LogP) is 2.54. The van der Waals surface area contributed by atoms with Crippen molar-refractivity contribution in [1.29, 1.82) is 0 Å². The Balaban J connectivity index is 1.45. The number of rotatable bonds is 8. The molecule has 0 saturated carbocycles. The summed E-state index contributed by atoms with van der Waals surface area (Å²) >= 11 is 0. The second-order valence-electron chi connectivity index (χ2n) is 7.49. The number of likely N-dealkylation sites (tertiary alicyclic amines) is 1. The molecule has 9 nitrogen and oxygen atoms in total. The second kappa shape index (κ2) is 10.5. The third kappa shape index (κ3) is 6.83. The van der Waals surface area contributed by atoms with Crippen molar-refractivity contribution >= 4 is 27.6 Å². The fourth-order valence-electron chi connectivity index (χ4n) is 3.43. The maximum atomic E-state index is 12.5. The number of hydrogen-bond donors (Lipinski definition) is 3. The third-order valence-electron chi connectivity index (χ3n) is 4.97. The molecule has 2 aromatic rings. The summed E-state index contributed by atoms with van der Waals surface area (Å²) in [7, 11) is -3.25. The van der Waals surface area contributed by atoms with Crippen molar-refractivity contribution in [1.82, 2.24) is 14.9 Å². The van der Waals surface area contributed by atoms with E-state index in [4.69, 9.17) is 4.42 Å². The van der Waals surface area contributed by atoms with Gasteiger partial charge < -0.3 is 20.0 Å². The van der Waals surface area contributed by atoms with Crippen LogP contribution in [0.3, 0.4) is 0 Å². The highest BCUT2D eigenvalue weighted by Gasteiger charge is 2.25. The molecule has 31 heavy (non-hydrogen) atoms. The molecule has 2 heterocycles. The van der Waals surface area contributed by atoms with E-state index in [1.807, 2.05) is 13.0 Å². The highest BCUT2D eigenvalue weighted by atomic mass is 32.2. The van der Waals surface area contributed by atoms with Gasteiger partial charge in [-0.15, -0.1) is 0 Å². The summed E-state index contributed by atoms with van der Waals surface area (Å²) in [5.41, 5.74) is 1.45. The number of carbonyl (C=O) groups excluding carboxylic acids is 2. The highest BCUT2D eigenvalue weighted by Crippen LogP contribution is 2.14. The molecule has 0 radical (unpaired) electrons. The van der Waals surface area contributed by atoms with Crippen molar-refractivity contribution in [3.8, 4) is 0 Å². The number of anilines is 1. The summed E-state index contributed by atoms with van der Waals surface area (Å²) in [6.07, 6.45) is 3.18. The zero-order chi connectivity index (χ0) is 22.3. The topological polar surface area (TPSA) is 121 Å². The molecule has 1 aromatic heterocycles. The minimum atomic E-state index is -3.25. The van der Waals surface area contributed by atoms with Gasteiger partial charge >= 0.3 is 6.03 Å². The lowest BCUT2D eigenvalue weighted by atomic mass is 10.1. The van der Waals surface area contributed by atoms with Crippen molar-refractivity contribution in [2.75, 3.05) is 24.2 Å². The van der Waals surface area contributed by atoms with Gasteiger partial charge in [-0.1, -0.05) is 19.1 Å². The van der Waals surface area contributed by atoms with Crippen molar-refractivity contribution in [3.63, 3.8) is 0 Å². The maximum Gasteiger partial charge on any atom is 0.317 e. The number of nitrogens with zero attached hydrogens (tertiary/aromatic N) is 1. The Kier molecular flexibility index (Phi) is 7.69. The van der Waals surface area contributed by atoms with Gasteiger partial charge in [-0.2, -0.15) is 0 Å². The molecule has 168 valence electrons. The molecule has 1 fully saturated rings. The van der Waals surface area contributed by atoms with Crippen LogP contribution in [-0.2, 0) is 16.6 Å². The lowest BCUT2D eigenvalue weighted by Gasteiger charge is -2.32. The molecule has 1 saturated heterocycles. The molecule has 1 aromatic carbocycles. The van der Waals surface area contributed by atoms with Gasteiger partial charge in [0.1, 0.15) is 0 Å². The maximum absolute atomic E-state index is 12.5. The van der Waals surface area contributed by atoms with E-state index in [2.05, 4.69) is 15.4 Å². The molecule has 0 spiro atoms. The van der Waals surface area contributed by atoms with Gasteiger partial charge in [0.25, 0.3) is 5.91 Å². The Hall–Kier alpha value is -2.85. The van der Waals surface area contributed by atoms with Gasteiger partial charge in [0.15, 0.2) is 5.76 Å². The van der Waals surface area contributed by atoms with E-state index in [1.165, 1.54) is 6.26 Å².